The van der Waals surface area contributed by atoms with Gasteiger partial charge in [-0.1, -0.05) is 30.7 Å². The maximum atomic E-state index is 10.9. The van der Waals surface area contributed by atoms with Crippen molar-refractivity contribution in [3.05, 3.63) is 35.4 Å². The van der Waals surface area contributed by atoms with E-state index >= 15 is 0 Å². The summed E-state index contributed by atoms with van der Waals surface area (Å²) < 4.78 is 11.5. The molecule has 0 bridgehead atoms. The second-order valence-corrected chi connectivity index (χ2v) is 6.31. The van der Waals surface area contributed by atoms with Crippen molar-refractivity contribution in [2.75, 3.05) is 19.8 Å². The zero-order valence-corrected chi connectivity index (χ0v) is 12.9. The molecule has 3 nitrogen and oxygen atoms in total. The molecule has 3 heteroatoms. The molecule has 1 aliphatic carbocycles. The normalized spacial score (nSPS) is 23.5. The summed E-state index contributed by atoms with van der Waals surface area (Å²) >= 11 is 0. The van der Waals surface area contributed by atoms with Crippen LogP contribution in [0.1, 0.15) is 62.2 Å². The number of rotatable bonds is 5. The van der Waals surface area contributed by atoms with E-state index < -0.39 is 11.7 Å². The lowest BCUT2D eigenvalue weighted by Crippen LogP contribution is -2.44. The molecule has 1 N–H and O–H groups in total. The van der Waals surface area contributed by atoms with Crippen LogP contribution in [0.4, 0.5) is 0 Å². The maximum absolute atomic E-state index is 10.9. The molecule has 1 aromatic rings. The van der Waals surface area contributed by atoms with Gasteiger partial charge in [0.05, 0.1) is 0 Å². The summed E-state index contributed by atoms with van der Waals surface area (Å²) in [7, 11) is 0. The number of hydrogen-bond acceptors (Lipinski definition) is 3. The first-order valence-corrected chi connectivity index (χ1v) is 8.25. The van der Waals surface area contributed by atoms with Crippen molar-refractivity contribution in [1.29, 1.82) is 0 Å². The van der Waals surface area contributed by atoms with Crippen molar-refractivity contribution < 1.29 is 14.6 Å². The van der Waals surface area contributed by atoms with E-state index in [0.29, 0.717) is 25.7 Å². The fourth-order valence-electron chi connectivity index (χ4n) is 3.53. The van der Waals surface area contributed by atoms with Crippen molar-refractivity contribution in [2.24, 2.45) is 0 Å². The van der Waals surface area contributed by atoms with Crippen LogP contribution >= 0.6 is 0 Å². The topological polar surface area (TPSA) is 38.7 Å². The Morgan fingerprint density at radius 2 is 2.10 bits per heavy atom. The van der Waals surface area contributed by atoms with Crippen LogP contribution in [0.15, 0.2) is 24.3 Å². The van der Waals surface area contributed by atoms with Gasteiger partial charge in [-0.25, -0.2) is 0 Å². The average Bonchev–Trinajstić information content (AvgIpc) is 2.46. The van der Waals surface area contributed by atoms with Crippen LogP contribution in [0.2, 0.25) is 0 Å². The summed E-state index contributed by atoms with van der Waals surface area (Å²) in [6, 6.07) is 8.48. The highest BCUT2D eigenvalue weighted by Crippen LogP contribution is 2.41. The van der Waals surface area contributed by atoms with E-state index in [-0.39, 0.29) is 0 Å². The molecule has 21 heavy (non-hydrogen) atoms. The van der Waals surface area contributed by atoms with Crippen molar-refractivity contribution >= 4 is 0 Å². The van der Waals surface area contributed by atoms with E-state index in [1.807, 2.05) is 13.0 Å². The number of aliphatic hydroxyl groups excluding tert-OH is 1. The molecular formula is C18H26O3. The highest BCUT2D eigenvalue weighted by molar-refractivity contribution is 5.30. The van der Waals surface area contributed by atoms with E-state index in [0.717, 1.165) is 18.4 Å². The zero-order valence-electron chi connectivity index (χ0n) is 12.9. The van der Waals surface area contributed by atoms with Crippen LogP contribution in [0.25, 0.3) is 0 Å². The summed E-state index contributed by atoms with van der Waals surface area (Å²) in [6.45, 7) is 3.95. The van der Waals surface area contributed by atoms with Gasteiger partial charge in [0, 0.05) is 32.7 Å². The van der Waals surface area contributed by atoms with Gasteiger partial charge in [0.25, 0.3) is 0 Å². The van der Waals surface area contributed by atoms with Crippen LogP contribution < -0.4 is 0 Å². The molecule has 1 aliphatic heterocycles. The van der Waals surface area contributed by atoms with Gasteiger partial charge in [-0.15, -0.1) is 0 Å². The van der Waals surface area contributed by atoms with E-state index in [1.54, 1.807) is 0 Å². The quantitative estimate of drug-likeness (QED) is 0.901. The van der Waals surface area contributed by atoms with Crippen molar-refractivity contribution in [3.8, 4) is 0 Å². The summed E-state index contributed by atoms with van der Waals surface area (Å²) in [5.74, 6) is 0.690. The largest absolute Gasteiger partial charge is 0.385 e. The van der Waals surface area contributed by atoms with Crippen LogP contribution in [-0.4, -0.2) is 30.5 Å². The molecule has 2 aliphatic rings. The Kier molecular flexibility index (Phi) is 4.63. The van der Waals surface area contributed by atoms with Crippen molar-refractivity contribution in [1.82, 2.24) is 0 Å². The van der Waals surface area contributed by atoms with Gasteiger partial charge < -0.3 is 14.6 Å². The zero-order chi connectivity index (χ0) is 14.7. The van der Waals surface area contributed by atoms with Gasteiger partial charge in [0.1, 0.15) is 11.7 Å². The first-order valence-electron chi connectivity index (χ1n) is 8.25. The van der Waals surface area contributed by atoms with Gasteiger partial charge in [-0.2, -0.15) is 0 Å². The van der Waals surface area contributed by atoms with Crippen LogP contribution in [-0.2, 0) is 9.47 Å². The lowest BCUT2D eigenvalue weighted by atomic mass is 9.78. The molecular weight excluding hydrogens is 264 g/mol. The van der Waals surface area contributed by atoms with E-state index in [1.165, 1.54) is 24.8 Å². The third-order valence-electron chi connectivity index (χ3n) is 5.07. The average molecular weight is 290 g/mol. The van der Waals surface area contributed by atoms with Crippen molar-refractivity contribution in [3.63, 3.8) is 0 Å². The predicted octanol–water partition coefficient (Wildman–Crippen LogP) is 3.57. The van der Waals surface area contributed by atoms with Gasteiger partial charge in [-0.3, -0.25) is 0 Å². The summed E-state index contributed by atoms with van der Waals surface area (Å²) in [5.41, 5.74) is 1.89. The standard InChI is InChI=1S/C18H26O3/c1-2-21-18(9-11-20-12-10-18)17(19)16-8-4-7-15(13-16)14-5-3-6-14/h4,7-8,13-14,17,19H,2-3,5-6,9-12H2,1H3. The summed E-state index contributed by atoms with van der Waals surface area (Å²) in [5, 5.41) is 10.9. The molecule has 0 amide bonds. The van der Waals surface area contributed by atoms with E-state index in [2.05, 4.69) is 18.2 Å². The molecule has 3 rings (SSSR count). The van der Waals surface area contributed by atoms with Gasteiger partial charge in [0.2, 0.25) is 0 Å². The molecule has 1 unspecified atom stereocenters. The Labute approximate surface area is 127 Å². The number of aliphatic hydroxyl groups is 1. The van der Waals surface area contributed by atoms with E-state index in [9.17, 15) is 5.11 Å². The molecule has 1 saturated carbocycles. The molecule has 0 aromatic heterocycles. The van der Waals surface area contributed by atoms with Gasteiger partial charge in [0.15, 0.2) is 0 Å². The fourth-order valence-corrected chi connectivity index (χ4v) is 3.53. The predicted molar refractivity (Wildman–Crippen MR) is 82.4 cm³/mol. The van der Waals surface area contributed by atoms with Crippen LogP contribution in [0.5, 0.6) is 0 Å². The summed E-state index contributed by atoms with van der Waals surface area (Å²) in [4.78, 5) is 0. The molecule has 0 spiro atoms. The maximum Gasteiger partial charge on any atom is 0.108 e. The monoisotopic (exact) mass is 290 g/mol. The third-order valence-corrected chi connectivity index (χ3v) is 5.07. The minimum absolute atomic E-state index is 0.481. The Morgan fingerprint density at radius 1 is 1.33 bits per heavy atom. The smallest absolute Gasteiger partial charge is 0.108 e. The Balaban J connectivity index is 1.83. The second kappa shape index (κ2) is 6.47. The fraction of sp³-hybridized carbons (Fsp3) is 0.667. The van der Waals surface area contributed by atoms with Crippen LogP contribution in [0.3, 0.4) is 0 Å². The lowest BCUT2D eigenvalue weighted by molar-refractivity contribution is -0.168. The molecule has 1 saturated heterocycles. The minimum Gasteiger partial charge on any atom is -0.385 e. The molecule has 1 aromatic carbocycles. The van der Waals surface area contributed by atoms with Gasteiger partial charge in [-0.05, 0) is 36.8 Å². The summed E-state index contributed by atoms with van der Waals surface area (Å²) in [6.07, 6.45) is 4.85. The highest BCUT2D eigenvalue weighted by atomic mass is 16.5. The molecule has 2 fully saturated rings. The number of ether oxygens (including phenoxy) is 2. The first-order chi connectivity index (χ1) is 10.2. The molecule has 1 atom stereocenters. The first kappa shape index (κ1) is 15.0. The molecule has 0 radical (unpaired) electrons. The second-order valence-electron chi connectivity index (χ2n) is 6.31. The Hall–Kier alpha value is -0.900. The number of hydrogen-bond donors (Lipinski definition) is 1. The van der Waals surface area contributed by atoms with E-state index in [4.69, 9.17) is 9.47 Å². The molecule has 116 valence electrons. The lowest BCUT2D eigenvalue weighted by Gasteiger charge is -2.41. The third kappa shape index (κ3) is 3.01. The number of benzene rings is 1. The highest BCUT2D eigenvalue weighted by Gasteiger charge is 2.41. The minimum atomic E-state index is -0.568. The van der Waals surface area contributed by atoms with Crippen LogP contribution in [0, 0.1) is 0 Å². The SMILES string of the molecule is CCOC1(C(O)c2cccc(C3CCC3)c2)CCOCC1. The Morgan fingerprint density at radius 3 is 2.71 bits per heavy atom. The Bertz CT molecular complexity index is 456. The van der Waals surface area contributed by atoms with Crippen molar-refractivity contribution in [2.45, 2.75) is 56.7 Å². The molecule has 1 heterocycles. The van der Waals surface area contributed by atoms with Gasteiger partial charge >= 0.3 is 0 Å².